The topological polar surface area (TPSA) is 12.0 Å². The first-order valence-corrected chi connectivity index (χ1v) is 6.99. The maximum atomic E-state index is 3.52. The van der Waals surface area contributed by atoms with Crippen LogP contribution in [-0.4, -0.2) is 0 Å². The molecule has 0 radical (unpaired) electrons. The summed E-state index contributed by atoms with van der Waals surface area (Å²) in [6.45, 7) is 9.61. The van der Waals surface area contributed by atoms with E-state index >= 15 is 0 Å². The van der Waals surface area contributed by atoms with Crippen molar-refractivity contribution in [2.24, 2.45) is 0 Å². The van der Waals surface area contributed by atoms with Crippen molar-refractivity contribution >= 4 is 5.69 Å². The number of rotatable bonds is 4. The maximum Gasteiger partial charge on any atom is 0.0403 e. The van der Waals surface area contributed by atoms with Gasteiger partial charge >= 0.3 is 0 Å². The van der Waals surface area contributed by atoms with Gasteiger partial charge in [-0.1, -0.05) is 31.2 Å². The highest BCUT2D eigenvalue weighted by Crippen LogP contribution is 2.18. The van der Waals surface area contributed by atoms with Gasteiger partial charge in [0.05, 0.1) is 0 Å². The fourth-order valence-electron chi connectivity index (χ4n) is 2.31. The molecule has 19 heavy (non-hydrogen) atoms. The molecular formula is C18H23N. The Bertz CT molecular complexity index is 570. The minimum Gasteiger partial charge on any atom is -0.381 e. The third-order valence-corrected chi connectivity index (χ3v) is 3.77. The quantitative estimate of drug-likeness (QED) is 0.826. The molecule has 0 amide bonds. The monoisotopic (exact) mass is 253 g/mol. The van der Waals surface area contributed by atoms with E-state index in [9.17, 15) is 0 Å². The first-order chi connectivity index (χ1) is 9.10. The van der Waals surface area contributed by atoms with Gasteiger partial charge in [-0.3, -0.25) is 0 Å². The number of benzene rings is 2. The van der Waals surface area contributed by atoms with Crippen LogP contribution in [0.5, 0.6) is 0 Å². The average Bonchev–Trinajstić information content (AvgIpc) is 2.41. The first kappa shape index (κ1) is 13.7. The van der Waals surface area contributed by atoms with E-state index < -0.39 is 0 Å². The molecule has 0 atom stereocenters. The van der Waals surface area contributed by atoms with E-state index in [1.807, 2.05) is 0 Å². The molecule has 1 nitrogen and oxygen atoms in total. The molecule has 0 saturated heterocycles. The summed E-state index contributed by atoms with van der Waals surface area (Å²) in [6.07, 6.45) is 1.08. The van der Waals surface area contributed by atoms with Crippen molar-refractivity contribution in [1.82, 2.24) is 0 Å². The van der Waals surface area contributed by atoms with Crippen molar-refractivity contribution in [3.8, 4) is 0 Å². The largest absolute Gasteiger partial charge is 0.381 e. The predicted octanol–water partition coefficient (Wildman–Crippen LogP) is 4.79. The Morgan fingerprint density at radius 3 is 2.37 bits per heavy atom. The van der Waals surface area contributed by atoms with Gasteiger partial charge < -0.3 is 5.32 Å². The zero-order chi connectivity index (χ0) is 13.8. The molecule has 0 aliphatic carbocycles. The van der Waals surface area contributed by atoms with Gasteiger partial charge in [0.1, 0.15) is 0 Å². The Labute approximate surface area is 116 Å². The summed E-state index contributed by atoms with van der Waals surface area (Å²) < 4.78 is 0. The Morgan fingerprint density at radius 2 is 1.63 bits per heavy atom. The van der Waals surface area contributed by atoms with Gasteiger partial charge in [0.2, 0.25) is 0 Å². The Morgan fingerprint density at radius 1 is 0.895 bits per heavy atom. The summed E-state index contributed by atoms with van der Waals surface area (Å²) in [4.78, 5) is 0. The van der Waals surface area contributed by atoms with Crippen LogP contribution in [-0.2, 0) is 13.0 Å². The molecule has 0 aliphatic rings. The molecule has 100 valence electrons. The molecule has 0 aliphatic heterocycles. The number of aryl methyl sites for hydroxylation is 4. The highest BCUT2D eigenvalue weighted by molar-refractivity contribution is 5.47. The lowest BCUT2D eigenvalue weighted by Crippen LogP contribution is -2.02. The van der Waals surface area contributed by atoms with Crippen molar-refractivity contribution < 1.29 is 0 Å². The minimum absolute atomic E-state index is 0.889. The van der Waals surface area contributed by atoms with Crippen molar-refractivity contribution in [3.05, 3.63) is 64.2 Å². The van der Waals surface area contributed by atoms with Crippen LogP contribution in [0.4, 0.5) is 5.69 Å². The van der Waals surface area contributed by atoms with Crippen LogP contribution in [0.15, 0.2) is 36.4 Å². The fourth-order valence-corrected chi connectivity index (χ4v) is 2.31. The minimum atomic E-state index is 0.889. The predicted molar refractivity (Wildman–Crippen MR) is 83.8 cm³/mol. The van der Waals surface area contributed by atoms with Gasteiger partial charge in [-0.25, -0.2) is 0 Å². The molecule has 0 fully saturated rings. The number of nitrogens with one attached hydrogen (secondary N) is 1. The second-order valence-electron chi connectivity index (χ2n) is 5.27. The van der Waals surface area contributed by atoms with Crippen LogP contribution in [0.1, 0.15) is 34.7 Å². The lowest BCUT2D eigenvalue weighted by atomic mass is 10.0. The van der Waals surface area contributed by atoms with Crippen LogP contribution in [0.2, 0.25) is 0 Å². The van der Waals surface area contributed by atoms with Crippen molar-refractivity contribution in [3.63, 3.8) is 0 Å². The maximum absolute atomic E-state index is 3.52. The van der Waals surface area contributed by atoms with E-state index in [2.05, 4.69) is 69.4 Å². The summed E-state index contributed by atoms with van der Waals surface area (Å²) >= 11 is 0. The van der Waals surface area contributed by atoms with Crippen molar-refractivity contribution in [1.29, 1.82) is 0 Å². The molecule has 2 aromatic carbocycles. The Balaban J connectivity index is 2.12. The van der Waals surface area contributed by atoms with Crippen molar-refractivity contribution in [2.75, 3.05) is 5.32 Å². The standard InChI is InChI=1S/C18H23N/c1-5-16-7-6-8-18(11-16)19-12-17-10-14(3)13(2)9-15(17)4/h6-11,19H,5,12H2,1-4H3. The molecule has 0 bridgehead atoms. The van der Waals surface area contributed by atoms with Crippen LogP contribution in [0.25, 0.3) is 0 Å². The number of hydrogen-bond acceptors (Lipinski definition) is 1. The van der Waals surface area contributed by atoms with Gasteiger partial charge in [0.25, 0.3) is 0 Å². The first-order valence-electron chi connectivity index (χ1n) is 6.99. The van der Waals surface area contributed by atoms with Gasteiger partial charge in [-0.15, -0.1) is 0 Å². The lowest BCUT2D eigenvalue weighted by molar-refractivity contribution is 1.09. The van der Waals surface area contributed by atoms with E-state index in [1.165, 1.54) is 33.5 Å². The van der Waals surface area contributed by atoms with Crippen LogP contribution < -0.4 is 5.32 Å². The highest BCUT2D eigenvalue weighted by atomic mass is 14.9. The number of anilines is 1. The second-order valence-corrected chi connectivity index (χ2v) is 5.27. The second kappa shape index (κ2) is 5.92. The lowest BCUT2D eigenvalue weighted by Gasteiger charge is -2.12. The molecule has 1 N–H and O–H groups in total. The molecule has 2 aromatic rings. The smallest absolute Gasteiger partial charge is 0.0403 e. The van der Waals surface area contributed by atoms with Gasteiger partial charge in [0, 0.05) is 12.2 Å². The summed E-state index contributed by atoms with van der Waals surface area (Å²) in [5, 5.41) is 3.52. The zero-order valence-electron chi connectivity index (χ0n) is 12.4. The molecule has 0 saturated carbocycles. The molecule has 0 aromatic heterocycles. The molecule has 2 rings (SSSR count). The van der Waals surface area contributed by atoms with Crippen LogP contribution in [0, 0.1) is 20.8 Å². The molecule has 0 spiro atoms. The van der Waals surface area contributed by atoms with Crippen LogP contribution >= 0.6 is 0 Å². The fraction of sp³-hybridized carbons (Fsp3) is 0.333. The summed E-state index contributed by atoms with van der Waals surface area (Å²) in [6, 6.07) is 13.2. The van der Waals surface area contributed by atoms with E-state index in [4.69, 9.17) is 0 Å². The van der Waals surface area contributed by atoms with E-state index in [0.717, 1.165) is 13.0 Å². The van der Waals surface area contributed by atoms with Crippen LogP contribution in [0.3, 0.4) is 0 Å². The third-order valence-electron chi connectivity index (χ3n) is 3.77. The molecule has 1 heteroatoms. The average molecular weight is 253 g/mol. The Kier molecular flexibility index (Phi) is 4.26. The SMILES string of the molecule is CCc1cccc(NCc2cc(C)c(C)cc2C)c1. The number of hydrogen-bond donors (Lipinski definition) is 1. The molecular weight excluding hydrogens is 230 g/mol. The molecule has 0 unspecified atom stereocenters. The highest BCUT2D eigenvalue weighted by Gasteiger charge is 2.02. The zero-order valence-corrected chi connectivity index (χ0v) is 12.4. The normalized spacial score (nSPS) is 10.5. The summed E-state index contributed by atoms with van der Waals surface area (Å²) in [5.41, 5.74) is 8.06. The van der Waals surface area contributed by atoms with Gasteiger partial charge in [-0.05, 0) is 67.1 Å². The van der Waals surface area contributed by atoms with Gasteiger partial charge in [-0.2, -0.15) is 0 Å². The summed E-state index contributed by atoms with van der Waals surface area (Å²) in [5.74, 6) is 0. The molecule has 0 heterocycles. The van der Waals surface area contributed by atoms with E-state index in [0.29, 0.717) is 0 Å². The van der Waals surface area contributed by atoms with E-state index in [-0.39, 0.29) is 0 Å². The van der Waals surface area contributed by atoms with Crippen molar-refractivity contribution in [2.45, 2.75) is 40.7 Å². The Hall–Kier alpha value is -1.76. The summed E-state index contributed by atoms with van der Waals surface area (Å²) in [7, 11) is 0. The van der Waals surface area contributed by atoms with E-state index in [1.54, 1.807) is 0 Å². The third kappa shape index (κ3) is 3.37. The van der Waals surface area contributed by atoms with Gasteiger partial charge in [0.15, 0.2) is 0 Å².